The van der Waals surface area contributed by atoms with Crippen molar-refractivity contribution in [2.24, 2.45) is 11.7 Å². The second-order valence-electron chi connectivity index (χ2n) is 8.21. The Hall–Kier alpha value is -1.99. The predicted octanol–water partition coefficient (Wildman–Crippen LogP) is 3.90. The summed E-state index contributed by atoms with van der Waals surface area (Å²) in [4.78, 5) is 26.3. The second-order valence-corrected chi connectivity index (χ2v) is 9.22. The summed E-state index contributed by atoms with van der Waals surface area (Å²) in [6.07, 6.45) is 10.2. The molecule has 4 rings (SSSR count). The normalized spacial score (nSPS) is 24.8. The number of imide groups is 1. The monoisotopic (exact) mass is 415 g/mol. The Morgan fingerprint density at radius 2 is 2.00 bits per heavy atom. The van der Waals surface area contributed by atoms with Gasteiger partial charge in [0.1, 0.15) is 5.75 Å². The number of para-hydroxylation sites is 1. The molecule has 2 aliphatic heterocycles. The van der Waals surface area contributed by atoms with Crippen molar-refractivity contribution < 1.29 is 14.3 Å². The van der Waals surface area contributed by atoms with E-state index >= 15 is 0 Å². The molecule has 0 radical (unpaired) electrons. The number of amides is 2. The zero-order valence-corrected chi connectivity index (χ0v) is 17.5. The number of carbonyl (C=O) groups excluding carboxylic acids is 2. The first-order valence-electron chi connectivity index (χ1n) is 10.6. The van der Waals surface area contributed by atoms with E-state index in [2.05, 4.69) is 10.2 Å². The minimum Gasteiger partial charge on any atom is -0.491 e. The molecule has 3 N–H and O–H groups in total. The first kappa shape index (κ1) is 20.3. The molecule has 3 aliphatic rings. The van der Waals surface area contributed by atoms with Gasteiger partial charge in [-0.2, -0.15) is 0 Å². The van der Waals surface area contributed by atoms with Crippen LogP contribution in [0.4, 0.5) is 10.5 Å². The van der Waals surface area contributed by atoms with Gasteiger partial charge in [-0.15, -0.1) is 0 Å². The third-order valence-electron chi connectivity index (χ3n) is 5.93. The number of hydrogen-bond donors (Lipinski definition) is 2. The Morgan fingerprint density at radius 1 is 1.17 bits per heavy atom. The van der Waals surface area contributed by atoms with Crippen molar-refractivity contribution in [1.29, 1.82) is 0 Å². The molecule has 3 fully saturated rings. The molecule has 0 aromatic heterocycles. The molecule has 0 spiro atoms. The topological polar surface area (TPSA) is 84.7 Å². The maximum atomic E-state index is 12.1. The van der Waals surface area contributed by atoms with E-state index in [-0.39, 0.29) is 17.2 Å². The number of nitrogens with zero attached hydrogens (tertiary/aromatic N) is 1. The van der Waals surface area contributed by atoms with Crippen molar-refractivity contribution in [1.82, 2.24) is 5.32 Å². The van der Waals surface area contributed by atoms with Gasteiger partial charge < -0.3 is 15.4 Å². The highest BCUT2D eigenvalue weighted by Gasteiger charge is 2.27. The van der Waals surface area contributed by atoms with E-state index in [1.165, 1.54) is 32.1 Å². The van der Waals surface area contributed by atoms with E-state index in [4.69, 9.17) is 10.5 Å². The van der Waals surface area contributed by atoms with Crippen molar-refractivity contribution >= 4 is 34.7 Å². The lowest BCUT2D eigenvalue weighted by molar-refractivity contribution is -0.115. The highest BCUT2D eigenvalue weighted by atomic mass is 32.2. The molecule has 1 saturated carbocycles. The zero-order chi connectivity index (χ0) is 20.2. The van der Waals surface area contributed by atoms with Crippen LogP contribution in [0.5, 0.6) is 5.75 Å². The molecule has 0 bridgehead atoms. The number of thioether (sulfide) groups is 1. The summed E-state index contributed by atoms with van der Waals surface area (Å²) in [6, 6.07) is 6.07. The summed E-state index contributed by atoms with van der Waals surface area (Å²) in [5, 5.41) is 2.00. The van der Waals surface area contributed by atoms with Crippen LogP contribution in [-0.4, -0.2) is 36.9 Å². The molecule has 1 aliphatic carbocycles. The number of nitrogens with one attached hydrogen (secondary N) is 1. The summed E-state index contributed by atoms with van der Waals surface area (Å²) in [6.45, 7) is 2.39. The summed E-state index contributed by atoms with van der Waals surface area (Å²) in [5.41, 5.74) is 8.13. The number of ether oxygens (including phenoxy) is 1. The average Bonchev–Trinajstić information content (AvgIpc) is 3.04. The van der Waals surface area contributed by atoms with Crippen molar-refractivity contribution in [2.75, 3.05) is 24.6 Å². The molecule has 1 atom stereocenters. The summed E-state index contributed by atoms with van der Waals surface area (Å²) < 4.78 is 6.33. The summed E-state index contributed by atoms with van der Waals surface area (Å²) >= 11 is 0.944. The van der Waals surface area contributed by atoms with Gasteiger partial charge in [0.15, 0.2) is 0 Å². The number of rotatable bonds is 5. The third-order valence-corrected chi connectivity index (χ3v) is 6.74. The van der Waals surface area contributed by atoms with Crippen LogP contribution in [0.25, 0.3) is 6.08 Å². The molecular formula is C22H29N3O3S. The molecule has 2 amide bonds. The standard InChI is InChI=1S/C22H29N3O3S/c23-17-9-5-11-25(13-17)20-16(12-19-21(26)24-22(27)29-19)8-4-10-18(20)28-14-15-6-2-1-3-7-15/h4,8,10,12,15,17H,1-3,5-7,9,11,13-14,23H2,(H,24,26,27). The molecule has 156 valence electrons. The third kappa shape index (κ3) is 4.95. The number of anilines is 1. The SMILES string of the molecule is NC1CCCN(c2c(C=C3SC(=O)NC3=O)cccc2OCC2CCCCC2)C1. The fourth-order valence-corrected chi connectivity index (χ4v) is 5.12. The quantitative estimate of drug-likeness (QED) is 0.710. The Bertz CT molecular complexity index is 804. The van der Waals surface area contributed by atoms with E-state index < -0.39 is 0 Å². The van der Waals surface area contributed by atoms with E-state index in [0.717, 1.165) is 61.3 Å². The van der Waals surface area contributed by atoms with Crippen LogP contribution in [-0.2, 0) is 4.79 Å². The van der Waals surface area contributed by atoms with Crippen molar-refractivity contribution in [3.05, 3.63) is 28.7 Å². The fraction of sp³-hybridized carbons (Fsp3) is 0.545. The van der Waals surface area contributed by atoms with Gasteiger partial charge in [-0.25, -0.2) is 0 Å². The molecule has 1 unspecified atom stereocenters. The average molecular weight is 416 g/mol. The van der Waals surface area contributed by atoms with Gasteiger partial charge in [-0.1, -0.05) is 31.4 Å². The van der Waals surface area contributed by atoms with Gasteiger partial charge in [-0.3, -0.25) is 14.9 Å². The number of benzene rings is 1. The van der Waals surface area contributed by atoms with E-state index in [0.29, 0.717) is 10.8 Å². The smallest absolute Gasteiger partial charge is 0.290 e. The van der Waals surface area contributed by atoms with Crippen molar-refractivity contribution in [3.63, 3.8) is 0 Å². The molecule has 29 heavy (non-hydrogen) atoms. The Kier molecular flexibility index (Phi) is 6.45. The number of piperidine rings is 1. The van der Waals surface area contributed by atoms with Crippen LogP contribution in [0.3, 0.4) is 0 Å². The number of carbonyl (C=O) groups is 2. The minimum absolute atomic E-state index is 0.126. The molecule has 7 heteroatoms. The van der Waals surface area contributed by atoms with Crippen LogP contribution < -0.4 is 20.7 Å². The Balaban J connectivity index is 1.63. The summed E-state index contributed by atoms with van der Waals surface area (Å²) in [7, 11) is 0. The van der Waals surface area contributed by atoms with Crippen LogP contribution in [0.2, 0.25) is 0 Å². The van der Waals surface area contributed by atoms with Gasteiger partial charge in [0, 0.05) is 24.7 Å². The van der Waals surface area contributed by atoms with E-state index in [1.54, 1.807) is 6.08 Å². The minimum atomic E-state index is -0.338. The largest absolute Gasteiger partial charge is 0.491 e. The molecule has 1 aromatic carbocycles. The van der Waals surface area contributed by atoms with Crippen LogP contribution >= 0.6 is 11.8 Å². The molecule has 2 heterocycles. The number of nitrogens with two attached hydrogens (primary N) is 1. The van der Waals surface area contributed by atoms with Crippen LogP contribution in [0.15, 0.2) is 23.1 Å². The predicted molar refractivity (Wildman–Crippen MR) is 117 cm³/mol. The molecule has 2 saturated heterocycles. The number of hydrogen-bond acceptors (Lipinski definition) is 6. The van der Waals surface area contributed by atoms with Gasteiger partial charge in [0.2, 0.25) is 0 Å². The van der Waals surface area contributed by atoms with Crippen LogP contribution in [0, 0.1) is 5.92 Å². The fourth-order valence-electron chi connectivity index (χ4n) is 4.45. The Labute approximate surface area is 176 Å². The van der Waals surface area contributed by atoms with E-state index in [9.17, 15) is 9.59 Å². The Morgan fingerprint density at radius 3 is 2.72 bits per heavy atom. The van der Waals surface area contributed by atoms with Gasteiger partial charge >= 0.3 is 0 Å². The highest BCUT2D eigenvalue weighted by Crippen LogP contribution is 2.38. The van der Waals surface area contributed by atoms with Gasteiger partial charge in [0.05, 0.1) is 17.2 Å². The lowest BCUT2D eigenvalue weighted by atomic mass is 9.90. The zero-order valence-electron chi connectivity index (χ0n) is 16.7. The van der Waals surface area contributed by atoms with Crippen molar-refractivity contribution in [2.45, 2.75) is 51.0 Å². The van der Waals surface area contributed by atoms with Crippen molar-refractivity contribution in [3.8, 4) is 5.75 Å². The summed E-state index contributed by atoms with van der Waals surface area (Å²) in [5.74, 6) is 1.11. The second kappa shape index (κ2) is 9.22. The lowest BCUT2D eigenvalue weighted by Gasteiger charge is -2.35. The lowest BCUT2D eigenvalue weighted by Crippen LogP contribution is -2.43. The molecule has 6 nitrogen and oxygen atoms in total. The maximum Gasteiger partial charge on any atom is 0.290 e. The first-order valence-corrected chi connectivity index (χ1v) is 11.4. The van der Waals surface area contributed by atoms with E-state index in [1.807, 2.05) is 18.2 Å². The highest BCUT2D eigenvalue weighted by molar-refractivity contribution is 8.18. The van der Waals surface area contributed by atoms with Crippen LogP contribution in [0.1, 0.15) is 50.5 Å². The molecular weight excluding hydrogens is 386 g/mol. The molecule has 1 aromatic rings. The first-order chi connectivity index (χ1) is 14.1. The maximum absolute atomic E-state index is 12.1. The van der Waals surface area contributed by atoms with Gasteiger partial charge in [-0.05, 0) is 55.5 Å². The van der Waals surface area contributed by atoms with Gasteiger partial charge in [0.25, 0.3) is 11.1 Å².